The Hall–Kier alpha value is -0.540. The van der Waals surface area contributed by atoms with Crippen LogP contribution in [-0.4, -0.2) is 13.1 Å². The molecule has 70 valence electrons. The van der Waals surface area contributed by atoms with Crippen LogP contribution in [0, 0.1) is 6.92 Å². The van der Waals surface area contributed by atoms with Gasteiger partial charge < -0.3 is 4.74 Å². The zero-order chi connectivity index (χ0) is 10.0. The van der Waals surface area contributed by atoms with Crippen LogP contribution >= 0.6 is 27.5 Å². The van der Waals surface area contributed by atoms with Crippen molar-refractivity contribution in [3.8, 4) is 0 Å². The Labute approximate surface area is 90.0 Å². The maximum atomic E-state index is 11.2. The van der Waals surface area contributed by atoms with E-state index in [1.54, 1.807) is 12.1 Å². The minimum Gasteiger partial charge on any atom is -0.465 e. The molecule has 2 nitrogen and oxygen atoms in total. The normalized spacial score (nSPS) is 9.85. The summed E-state index contributed by atoms with van der Waals surface area (Å²) in [6.07, 6.45) is 0. The smallest absolute Gasteiger partial charge is 0.338 e. The van der Waals surface area contributed by atoms with Gasteiger partial charge in [-0.05, 0) is 40.5 Å². The number of carbonyl (C=O) groups excluding carboxylic acids is 1. The SMILES string of the molecule is COC(=O)c1cc(Br)c(Cl)cc1C. The second-order valence-electron chi connectivity index (χ2n) is 2.57. The van der Waals surface area contributed by atoms with E-state index in [1.165, 1.54) is 7.11 Å². The third-order valence-corrected chi connectivity index (χ3v) is 2.87. The van der Waals surface area contributed by atoms with Gasteiger partial charge in [0, 0.05) is 4.47 Å². The molecule has 0 bridgehead atoms. The molecule has 0 aromatic heterocycles. The summed E-state index contributed by atoms with van der Waals surface area (Å²) in [5, 5.41) is 0.588. The maximum Gasteiger partial charge on any atom is 0.338 e. The van der Waals surface area contributed by atoms with Crippen LogP contribution in [0.3, 0.4) is 0 Å². The number of methoxy groups -OCH3 is 1. The molecule has 4 heteroatoms. The lowest BCUT2D eigenvalue weighted by Gasteiger charge is -2.05. The van der Waals surface area contributed by atoms with E-state index in [2.05, 4.69) is 20.7 Å². The molecule has 0 saturated heterocycles. The van der Waals surface area contributed by atoms with Crippen molar-refractivity contribution < 1.29 is 9.53 Å². The average Bonchev–Trinajstić information content (AvgIpc) is 2.10. The lowest BCUT2D eigenvalue weighted by atomic mass is 10.1. The summed E-state index contributed by atoms with van der Waals surface area (Å²) in [6, 6.07) is 3.38. The monoisotopic (exact) mass is 262 g/mol. The fourth-order valence-corrected chi connectivity index (χ4v) is 1.54. The third kappa shape index (κ3) is 2.23. The number of aryl methyl sites for hydroxylation is 1. The number of ether oxygens (including phenoxy) is 1. The lowest BCUT2D eigenvalue weighted by molar-refractivity contribution is 0.0600. The molecule has 0 radical (unpaired) electrons. The molecule has 0 aliphatic rings. The number of hydrogen-bond donors (Lipinski definition) is 0. The highest BCUT2D eigenvalue weighted by Gasteiger charge is 2.11. The van der Waals surface area contributed by atoms with Crippen molar-refractivity contribution in [2.75, 3.05) is 7.11 Å². The highest BCUT2D eigenvalue weighted by molar-refractivity contribution is 9.10. The molecule has 1 aromatic carbocycles. The first kappa shape index (κ1) is 10.5. The van der Waals surface area contributed by atoms with E-state index in [0.717, 1.165) is 5.56 Å². The molecule has 0 N–H and O–H groups in total. The number of hydrogen-bond acceptors (Lipinski definition) is 2. The highest BCUT2D eigenvalue weighted by Crippen LogP contribution is 2.26. The van der Waals surface area contributed by atoms with Crippen molar-refractivity contribution in [3.63, 3.8) is 0 Å². The van der Waals surface area contributed by atoms with E-state index in [1.807, 2.05) is 6.92 Å². The fraction of sp³-hybridized carbons (Fsp3) is 0.222. The molecule has 0 aliphatic heterocycles. The van der Waals surface area contributed by atoms with Gasteiger partial charge in [0.25, 0.3) is 0 Å². The van der Waals surface area contributed by atoms with Crippen LogP contribution in [-0.2, 0) is 4.74 Å². The second-order valence-corrected chi connectivity index (χ2v) is 3.83. The third-order valence-electron chi connectivity index (χ3n) is 1.67. The number of rotatable bonds is 1. The number of carbonyl (C=O) groups is 1. The Balaban J connectivity index is 3.23. The Kier molecular flexibility index (Phi) is 3.33. The van der Waals surface area contributed by atoms with Crippen LogP contribution in [0.4, 0.5) is 0 Å². The van der Waals surface area contributed by atoms with Gasteiger partial charge in [-0.15, -0.1) is 0 Å². The zero-order valence-corrected chi connectivity index (χ0v) is 9.57. The first-order valence-electron chi connectivity index (χ1n) is 3.60. The molecule has 0 saturated carbocycles. The van der Waals surface area contributed by atoms with Crippen LogP contribution in [0.25, 0.3) is 0 Å². The molecule has 0 spiro atoms. The van der Waals surface area contributed by atoms with Gasteiger partial charge in [-0.1, -0.05) is 11.6 Å². The summed E-state index contributed by atoms with van der Waals surface area (Å²) < 4.78 is 5.30. The van der Waals surface area contributed by atoms with Gasteiger partial charge in [0.1, 0.15) is 0 Å². The molecule has 0 unspecified atom stereocenters. The van der Waals surface area contributed by atoms with Gasteiger partial charge in [0.05, 0.1) is 17.7 Å². The summed E-state index contributed by atoms with van der Waals surface area (Å²) in [4.78, 5) is 11.2. The van der Waals surface area contributed by atoms with Crippen LogP contribution in [0.2, 0.25) is 5.02 Å². The van der Waals surface area contributed by atoms with Crippen LogP contribution in [0.15, 0.2) is 16.6 Å². The summed E-state index contributed by atoms with van der Waals surface area (Å²) in [7, 11) is 1.35. The molecule has 1 rings (SSSR count). The van der Waals surface area contributed by atoms with E-state index in [4.69, 9.17) is 11.6 Å². The summed E-state index contributed by atoms with van der Waals surface area (Å²) in [5.74, 6) is -0.352. The molecular formula is C9H8BrClO2. The van der Waals surface area contributed by atoms with E-state index in [-0.39, 0.29) is 5.97 Å². The molecule has 13 heavy (non-hydrogen) atoms. The molecule has 0 heterocycles. The molecule has 0 atom stereocenters. The van der Waals surface area contributed by atoms with Crippen LogP contribution < -0.4 is 0 Å². The van der Waals surface area contributed by atoms with Crippen LogP contribution in [0.5, 0.6) is 0 Å². The van der Waals surface area contributed by atoms with Crippen molar-refractivity contribution >= 4 is 33.5 Å². The first-order chi connectivity index (χ1) is 6.06. The van der Waals surface area contributed by atoms with Crippen molar-refractivity contribution in [2.24, 2.45) is 0 Å². The highest BCUT2D eigenvalue weighted by atomic mass is 79.9. The molecule has 0 fully saturated rings. The van der Waals surface area contributed by atoms with Gasteiger partial charge >= 0.3 is 5.97 Å². The van der Waals surface area contributed by atoms with Crippen molar-refractivity contribution in [1.29, 1.82) is 0 Å². The Bertz CT molecular complexity index is 350. The summed E-state index contributed by atoms with van der Waals surface area (Å²) >= 11 is 9.07. The fourth-order valence-electron chi connectivity index (χ4n) is 0.976. The van der Waals surface area contributed by atoms with Gasteiger partial charge in [0.2, 0.25) is 0 Å². The Morgan fingerprint density at radius 1 is 1.54 bits per heavy atom. The average molecular weight is 264 g/mol. The van der Waals surface area contributed by atoms with Gasteiger partial charge in [0.15, 0.2) is 0 Å². The quantitative estimate of drug-likeness (QED) is 0.727. The lowest BCUT2D eigenvalue weighted by Crippen LogP contribution is -2.03. The minimum absolute atomic E-state index is 0.352. The maximum absolute atomic E-state index is 11.2. The predicted molar refractivity (Wildman–Crippen MR) is 55.2 cm³/mol. The van der Waals surface area contributed by atoms with Gasteiger partial charge in [-0.25, -0.2) is 4.79 Å². The second kappa shape index (κ2) is 4.11. The van der Waals surface area contributed by atoms with E-state index >= 15 is 0 Å². The molecular weight excluding hydrogens is 255 g/mol. The van der Waals surface area contributed by atoms with E-state index in [9.17, 15) is 4.79 Å². The minimum atomic E-state index is -0.352. The zero-order valence-electron chi connectivity index (χ0n) is 7.23. The number of benzene rings is 1. The standard InChI is InChI=1S/C9H8BrClO2/c1-5-3-8(11)7(10)4-6(5)9(12)13-2/h3-4H,1-2H3. The molecule has 1 aromatic rings. The Morgan fingerprint density at radius 3 is 2.69 bits per heavy atom. The predicted octanol–water partition coefficient (Wildman–Crippen LogP) is 3.20. The van der Waals surface area contributed by atoms with Gasteiger partial charge in [-0.2, -0.15) is 0 Å². The van der Waals surface area contributed by atoms with Crippen molar-refractivity contribution in [3.05, 3.63) is 32.8 Å². The van der Waals surface area contributed by atoms with Gasteiger partial charge in [-0.3, -0.25) is 0 Å². The van der Waals surface area contributed by atoms with Crippen molar-refractivity contribution in [2.45, 2.75) is 6.92 Å². The molecule has 0 aliphatic carbocycles. The van der Waals surface area contributed by atoms with Crippen LogP contribution in [0.1, 0.15) is 15.9 Å². The number of esters is 1. The Morgan fingerprint density at radius 2 is 2.15 bits per heavy atom. The first-order valence-corrected chi connectivity index (χ1v) is 4.77. The molecule has 0 amide bonds. The topological polar surface area (TPSA) is 26.3 Å². The largest absolute Gasteiger partial charge is 0.465 e. The van der Waals surface area contributed by atoms with E-state index in [0.29, 0.717) is 15.1 Å². The van der Waals surface area contributed by atoms with Crippen molar-refractivity contribution in [1.82, 2.24) is 0 Å². The van der Waals surface area contributed by atoms with E-state index < -0.39 is 0 Å². The summed E-state index contributed by atoms with van der Waals surface area (Å²) in [5.41, 5.74) is 1.33. The summed E-state index contributed by atoms with van der Waals surface area (Å²) in [6.45, 7) is 1.81. The number of halogens is 2.